The molecule has 0 spiro atoms. The topological polar surface area (TPSA) is 124 Å². The summed E-state index contributed by atoms with van der Waals surface area (Å²) in [5, 5.41) is 0. The molecule has 1 heterocycles. The predicted molar refractivity (Wildman–Crippen MR) is 199 cm³/mol. The SMILES string of the molecule is CCCC[C@H](OC1C(OC(=O)c2ccccc2)[C@H](SCC)OC(COC(=O)c2ccccc2)[C@@H]1OC(=O)c1ccccc1)C(=O)OCc1ccccc1. The van der Waals surface area contributed by atoms with E-state index in [2.05, 4.69) is 0 Å². The van der Waals surface area contributed by atoms with Crippen LogP contribution in [0.4, 0.5) is 0 Å². The highest BCUT2D eigenvalue weighted by molar-refractivity contribution is 7.99. The molecule has 4 aromatic rings. The van der Waals surface area contributed by atoms with Gasteiger partial charge >= 0.3 is 23.9 Å². The first-order valence-corrected chi connectivity index (χ1v) is 18.8. The fourth-order valence-electron chi connectivity index (χ4n) is 5.72. The average molecular weight is 741 g/mol. The van der Waals surface area contributed by atoms with E-state index in [1.807, 2.05) is 44.2 Å². The number of hydrogen-bond donors (Lipinski definition) is 0. The molecule has 4 aromatic carbocycles. The lowest BCUT2D eigenvalue weighted by molar-refractivity contribution is -0.234. The molecule has 278 valence electrons. The number of unbranched alkanes of at least 4 members (excludes halogenated alkanes) is 1. The number of carbonyl (C=O) groups excluding carboxylic acids is 4. The molecule has 10 nitrogen and oxygen atoms in total. The van der Waals surface area contributed by atoms with Crippen LogP contribution in [-0.4, -0.2) is 72.2 Å². The highest BCUT2D eigenvalue weighted by Crippen LogP contribution is 2.36. The quantitative estimate of drug-likeness (QED) is 0.0792. The molecule has 0 aromatic heterocycles. The van der Waals surface area contributed by atoms with Crippen LogP contribution in [0.2, 0.25) is 0 Å². The Morgan fingerprint density at radius 1 is 0.642 bits per heavy atom. The lowest BCUT2D eigenvalue weighted by atomic mass is 9.98. The fourth-order valence-corrected chi connectivity index (χ4v) is 6.67. The second-order valence-corrected chi connectivity index (χ2v) is 13.6. The van der Waals surface area contributed by atoms with E-state index in [4.69, 9.17) is 28.4 Å². The smallest absolute Gasteiger partial charge is 0.338 e. The van der Waals surface area contributed by atoms with Gasteiger partial charge in [-0.15, -0.1) is 11.8 Å². The van der Waals surface area contributed by atoms with E-state index in [1.54, 1.807) is 91.0 Å². The van der Waals surface area contributed by atoms with Gasteiger partial charge < -0.3 is 28.4 Å². The van der Waals surface area contributed by atoms with Gasteiger partial charge in [0.15, 0.2) is 18.3 Å². The maximum absolute atomic E-state index is 13.8. The Morgan fingerprint density at radius 2 is 1.15 bits per heavy atom. The summed E-state index contributed by atoms with van der Waals surface area (Å²) in [6, 6.07) is 34.5. The zero-order valence-electron chi connectivity index (χ0n) is 29.7. The largest absolute Gasteiger partial charge is 0.459 e. The molecule has 6 atom stereocenters. The lowest BCUT2D eigenvalue weighted by Gasteiger charge is -2.45. The molecule has 0 saturated carbocycles. The number of rotatable bonds is 17. The number of esters is 4. The van der Waals surface area contributed by atoms with Crippen molar-refractivity contribution in [1.29, 1.82) is 0 Å². The first kappa shape index (κ1) is 39.2. The van der Waals surface area contributed by atoms with Crippen molar-refractivity contribution in [2.75, 3.05) is 12.4 Å². The van der Waals surface area contributed by atoms with E-state index in [1.165, 1.54) is 11.8 Å². The van der Waals surface area contributed by atoms with Gasteiger partial charge in [-0.25, -0.2) is 19.2 Å². The van der Waals surface area contributed by atoms with Gasteiger partial charge in [-0.1, -0.05) is 112 Å². The maximum atomic E-state index is 13.8. The molecule has 11 heteroatoms. The summed E-state index contributed by atoms with van der Waals surface area (Å²) in [6.45, 7) is 3.58. The Kier molecular flexibility index (Phi) is 15.0. The van der Waals surface area contributed by atoms with Crippen LogP contribution < -0.4 is 0 Å². The predicted octanol–water partition coefficient (Wildman–Crippen LogP) is 7.46. The van der Waals surface area contributed by atoms with Crippen molar-refractivity contribution in [3.05, 3.63) is 144 Å². The van der Waals surface area contributed by atoms with E-state index < -0.39 is 59.8 Å². The van der Waals surface area contributed by atoms with E-state index in [9.17, 15) is 19.2 Å². The van der Waals surface area contributed by atoms with Gasteiger partial charge in [0, 0.05) is 0 Å². The molecule has 5 rings (SSSR count). The summed E-state index contributed by atoms with van der Waals surface area (Å²) < 4.78 is 37.0. The number of ether oxygens (including phenoxy) is 6. The number of carbonyl (C=O) groups is 4. The monoisotopic (exact) mass is 740 g/mol. The van der Waals surface area contributed by atoms with Crippen LogP contribution in [0, 0.1) is 0 Å². The molecular weight excluding hydrogens is 697 g/mol. The van der Waals surface area contributed by atoms with Crippen LogP contribution in [0.25, 0.3) is 0 Å². The first-order chi connectivity index (χ1) is 25.9. The fraction of sp³-hybridized carbons (Fsp3) is 0.333. The van der Waals surface area contributed by atoms with Gasteiger partial charge in [-0.05, 0) is 54.1 Å². The van der Waals surface area contributed by atoms with Crippen LogP contribution in [0.1, 0.15) is 69.7 Å². The van der Waals surface area contributed by atoms with Gasteiger partial charge in [0.05, 0.1) is 16.7 Å². The van der Waals surface area contributed by atoms with Crippen LogP contribution in [-0.2, 0) is 39.8 Å². The van der Waals surface area contributed by atoms with Gasteiger partial charge in [0.1, 0.15) is 30.9 Å². The molecule has 1 saturated heterocycles. The molecule has 1 fully saturated rings. The second kappa shape index (κ2) is 20.3. The van der Waals surface area contributed by atoms with E-state index >= 15 is 0 Å². The zero-order chi connectivity index (χ0) is 37.4. The molecule has 3 unspecified atom stereocenters. The van der Waals surface area contributed by atoms with Gasteiger partial charge in [-0.2, -0.15) is 0 Å². The van der Waals surface area contributed by atoms with Gasteiger partial charge in [-0.3, -0.25) is 0 Å². The molecule has 53 heavy (non-hydrogen) atoms. The van der Waals surface area contributed by atoms with Crippen LogP contribution in [0.15, 0.2) is 121 Å². The molecule has 1 aliphatic rings. The summed E-state index contributed by atoms with van der Waals surface area (Å²) in [5.41, 5.74) is 0.790. The Balaban J connectivity index is 1.52. The van der Waals surface area contributed by atoms with Crippen LogP contribution >= 0.6 is 11.8 Å². The Bertz CT molecular complexity index is 1740. The van der Waals surface area contributed by atoms with Crippen molar-refractivity contribution < 1.29 is 47.6 Å². The minimum absolute atomic E-state index is 0.0185. The molecular formula is C42H44O10S. The van der Waals surface area contributed by atoms with E-state index in [-0.39, 0.29) is 30.8 Å². The highest BCUT2D eigenvalue weighted by atomic mass is 32.2. The average Bonchev–Trinajstić information content (AvgIpc) is 3.20. The van der Waals surface area contributed by atoms with Crippen molar-refractivity contribution in [3.8, 4) is 0 Å². The molecule has 0 aliphatic carbocycles. The van der Waals surface area contributed by atoms with Crippen molar-refractivity contribution >= 4 is 35.6 Å². The number of hydrogen-bond acceptors (Lipinski definition) is 11. The van der Waals surface area contributed by atoms with E-state index in [0.29, 0.717) is 17.7 Å². The number of thioether (sulfide) groups is 1. The van der Waals surface area contributed by atoms with Crippen molar-refractivity contribution in [1.82, 2.24) is 0 Å². The van der Waals surface area contributed by atoms with Crippen molar-refractivity contribution in [3.63, 3.8) is 0 Å². The third-order valence-corrected chi connectivity index (χ3v) is 9.48. The zero-order valence-corrected chi connectivity index (χ0v) is 30.6. The minimum atomic E-state index is -1.31. The van der Waals surface area contributed by atoms with Gasteiger partial charge in [0.25, 0.3) is 0 Å². The molecule has 0 amide bonds. The summed E-state index contributed by atoms with van der Waals surface area (Å²) >= 11 is 1.34. The lowest BCUT2D eigenvalue weighted by Crippen LogP contribution is -2.62. The highest BCUT2D eigenvalue weighted by Gasteiger charge is 2.53. The van der Waals surface area contributed by atoms with Crippen molar-refractivity contribution in [2.24, 2.45) is 0 Å². The maximum Gasteiger partial charge on any atom is 0.338 e. The molecule has 0 bridgehead atoms. The van der Waals surface area contributed by atoms with Crippen molar-refractivity contribution in [2.45, 2.75) is 75.7 Å². The molecule has 1 aliphatic heterocycles. The van der Waals surface area contributed by atoms with E-state index in [0.717, 1.165) is 12.0 Å². The Hall–Kier alpha value is -4.97. The Morgan fingerprint density at radius 3 is 1.68 bits per heavy atom. The summed E-state index contributed by atoms with van der Waals surface area (Å²) in [7, 11) is 0. The minimum Gasteiger partial charge on any atom is -0.459 e. The molecule has 0 radical (unpaired) electrons. The summed E-state index contributed by atoms with van der Waals surface area (Å²) in [5.74, 6) is -2.06. The normalized spacial score (nSPS) is 20.1. The van der Waals surface area contributed by atoms with Gasteiger partial charge in [0.2, 0.25) is 0 Å². The first-order valence-electron chi connectivity index (χ1n) is 17.7. The molecule has 0 N–H and O–H groups in total. The summed E-state index contributed by atoms with van der Waals surface area (Å²) in [6.07, 6.45) is -4.29. The standard InChI is InChI=1S/C42H44O10S/c1-3-5-26-33(41(46)47-27-29-18-10-6-11-19-29)49-36-35(51-39(44)31-22-14-8-15-23-31)34(28-48-38(43)30-20-12-7-13-21-30)50-42(53-4-2)37(36)52-40(45)32-24-16-9-17-25-32/h6-25,33-37,42H,3-5,26-28H2,1-2H3/t33-,34?,35-,36?,37?,42-/m0/s1. The third-order valence-electron chi connectivity index (χ3n) is 8.44. The Labute approximate surface area is 314 Å². The van der Waals surface area contributed by atoms with Crippen LogP contribution in [0.3, 0.4) is 0 Å². The summed E-state index contributed by atoms with van der Waals surface area (Å²) in [4.78, 5) is 54.3. The van der Waals surface area contributed by atoms with Crippen LogP contribution in [0.5, 0.6) is 0 Å². The number of benzene rings is 4. The second-order valence-electron chi connectivity index (χ2n) is 12.3. The third kappa shape index (κ3) is 11.3.